The summed E-state index contributed by atoms with van der Waals surface area (Å²) in [5.41, 5.74) is 1.45. The van der Waals surface area contributed by atoms with Gasteiger partial charge in [-0.3, -0.25) is 9.59 Å². The monoisotopic (exact) mass is 373 g/mol. The Kier molecular flexibility index (Phi) is 6.18. The summed E-state index contributed by atoms with van der Waals surface area (Å²) in [6.07, 6.45) is 1.37. The van der Waals surface area contributed by atoms with Gasteiger partial charge in [0.15, 0.2) is 0 Å². The van der Waals surface area contributed by atoms with Crippen LogP contribution in [0, 0.1) is 11.3 Å². The van der Waals surface area contributed by atoms with E-state index in [4.69, 9.17) is 23.2 Å². The molecule has 0 saturated carbocycles. The topological polar surface area (TPSA) is 82.0 Å². The number of carbonyl (C=O) groups is 2. The predicted octanol–water partition coefficient (Wildman–Crippen LogP) is 4.50. The van der Waals surface area contributed by atoms with E-state index in [1.54, 1.807) is 42.5 Å². The highest BCUT2D eigenvalue weighted by Gasteiger charge is 2.11. The summed E-state index contributed by atoms with van der Waals surface area (Å²) < 4.78 is 0. The Morgan fingerprint density at radius 2 is 1.64 bits per heavy atom. The summed E-state index contributed by atoms with van der Waals surface area (Å²) in [7, 11) is 0. The van der Waals surface area contributed by atoms with Crippen molar-refractivity contribution in [3.8, 4) is 6.07 Å². The number of nitrogens with one attached hydrogen (secondary N) is 2. The van der Waals surface area contributed by atoms with Crippen LogP contribution in [0.15, 0.2) is 48.0 Å². The highest BCUT2D eigenvalue weighted by atomic mass is 35.5. The van der Waals surface area contributed by atoms with Gasteiger partial charge in [0.25, 0.3) is 5.91 Å². The summed E-state index contributed by atoms with van der Waals surface area (Å²) >= 11 is 12.0. The molecule has 2 aromatic rings. The SMILES string of the molecule is CC(=O)Nc1ccc(NC(=O)/C(C#N)=C/c2cccc(Cl)c2Cl)cc1. The normalized spacial score (nSPS) is 10.7. The molecular formula is C18H13Cl2N3O2. The van der Waals surface area contributed by atoms with Crippen LogP contribution >= 0.6 is 23.2 Å². The lowest BCUT2D eigenvalue weighted by atomic mass is 10.1. The summed E-state index contributed by atoms with van der Waals surface area (Å²) in [5.74, 6) is -0.768. The summed E-state index contributed by atoms with van der Waals surface area (Å²) in [6, 6.07) is 13.3. The zero-order valence-electron chi connectivity index (χ0n) is 13.1. The lowest BCUT2D eigenvalue weighted by molar-refractivity contribution is -0.114. The van der Waals surface area contributed by atoms with Gasteiger partial charge in [-0.15, -0.1) is 0 Å². The molecule has 25 heavy (non-hydrogen) atoms. The maximum absolute atomic E-state index is 12.3. The molecule has 5 nitrogen and oxygen atoms in total. The van der Waals surface area contributed by atoms with Crippen molar-refractivity contribution in [3.63, 3.8) is 0 Å². The van der Waals surface area contributed by atoms with Crippen LogP contribution in [0.25, 0.3) is 6.08 Å². The van der Waals surface area contributed by atoms with Gasteiger partial charge in [-0.1, -0.05) is 35.3 Å². The minimum absolute atomic E-state index is 0.116. The van der Waals surface area contributed by atoms with Gasteiger partial charge in [-0.25, -0.2) is 0 Å². The van der Waals surface area contributed by atoms with Crippen molar-refractivity contribution in [2.24, 2.45) is 0 Å². The molecule has 0 bridgehead atoms. The summed E-state index contributed by atoms with van der Waals surface area (Å²) in [4.78, 5) is 23.2. The van der Waals surface area contributed by atoms with Crippen molar-refractivity contribution >= 4 is 52.5 Å². The van der Waals surface area contributed by atoms with Crippen molar-refractivity contribution < 1.29 is 9.59 Å². The second-order valence-electron chi connectivity index (χ2n) is 5.03. The fourth-order valence-corrected chi connectivity index (χ4v) is 2.34. The smallest absolute Gasteiger partial charge is 0.266 e. The molecule has 2 rings (SSSR count). The molecule has 0 aliphatic heterocycles. The van der Waals surface area contributed by atoms with Gasteiger partial charge in [-0.2, -0.15) is 5.26 Å². The Balaban J connectivity index is 2.17. The standard InChI is InChI=1S/C18H13Cl2N3O2/c1-11(24)22-14-5-7-15(8-6-14)23-18(25)13(10-21)9-12-3-2-4-16(19)17(12)20/h2-9H,1H3,(H,22,24)(H,23,25)/b13-9+. The second kappa shape index (κ2) is 8.34. The van der Waals surface area contributed by atoms with E-state index in [0.717, 1.165) is 0 Å². The molecule has 0 radical (unpaired) electrons. The average Bonchev–Trinajstić information content (AvgIpc) is 2.57. The van der Waals surface area contributed by atoms with Crippen LogP contribution < -0.4 is 10.6 Å². The Morgan fingerprint density at radius 3 is 2.20 bits per heavy atom. The van der Waals surface area contributed by atoms with E-state index >= 15 is 0 Å². The zero-order valence-corrected chi connectivity index (χ0v) is 14.7. The van der Waals surface area contributed by atoms with Crippen LogP contribution in [0.5, 0.6) is 0 Å². The van der Waals surface area contributed by atoms with Crippen LogP contribution in [0.4, 0.5) is 11.4 Å². The van der Waals surface area contributed by atoms with E-state index in [-0.39, 0.29) is 16.5 Å². The van der Waals surface area contributed by atoms with Gasteiger partial charge < -0.3 is 10.6 Å². The molecule has 2 N–H and O–H groups in total. The number of halogens is 2. The zero-order chi connectivity index (χ0) is 18.4. The Hall–Kier alpha value is -2.81. The van der Waals surface area contributed by atoms with E-state index in [1.807, 2.05) is 6.07 Å². The van der Waals surface area contributed by atoms with Crippen LogP contribution in [-0.4, -0.2) is 11.8 Å². The maximum atomic E-state index is 12.3. The first kappa shape index (κ1) is 18.5. The maximum Gasteiger partial charge on any atom is 0.266 e. The number of anilines is 2. The number of carbonyl (C=O) groups excluding carboxylic acids is 2. The van der Waals surface area contributed by atoms with Crippen LogP contribution in [0.2, 0.25) is 10.0 Å². The van der Waals surface area contributed by atoms with E-state index in [1.165, 1.54) is 13.0 Å². The highest BCUT2D eigenvalue weighted by molar-refractivity contribution is 6.43. The Morgan fingerprint density at radius 1 is 1.04 bits per heavy atom. The average molecular weight is 374 g/mol. The first-order valence-corrected chi connectivity index (χ1v) is 7.91. The first-order chi connectivity index (χ1) is 11.9. The van der Waals surface area contributed by atoms with Gasteiger partial charge in [0.2, 0.25) is 5.91 Å². The van der Waals surface area contributed by atoms with Crippen LogP contribution in [0.3, 0.4) is 0 Å². The molecule has 0 aromatic heterocycles. The van der Waals surface area contributed by atoms with E-state index in [0.29, 0.717) is 22.0 Å². The van der Waals surface area contributed by atoms with Gasteiger partial charge >= 0.3 is 0 Å². The molecule has 0 atom stereocenters. The van der Waals surface area contributed by atoms with E-state index < -0.39 is 5.91 Å². The largest absolute Gasteiger partial charge is 0.326 e. The van der Waals surface area contributed by atoms with E-state index in [2.05, 4.69) is 10.6 Å². The van der Waals surface area contributed by atoms with Crippen molar-refractivity contribution in [3.05, 3.63) is 63.6 Å². The fourth-order valence-electron chi connectivity index (χ4n) is 1.97. The van der Waals surface area contributed by atoms with Gasteiger partial charge in [-0.05, 0) is 42.0 Å². The third-order valence-corrected chi connectivity index (χ3v) is 3.94. The third kappa shape index (κ3) is 5.08. The van der Waals surface area contributed by atoms with Crippen molar-refractivity contribution in [2.45, 2.75) is 6.92 Å². The molecule has 0 heterocycles. The number of rotatable bonds is 4. The molecule has 0 aliphatic rings. The minimum Gasteiger partial charge on any atom is -0.326 e. The summed E-state index contributed by atoms with van der Waals surface area (Å²) in [5, 5.41) is 15.1. The number of amides is 2. The van der Waals surface area contributed by atoms with Crippen LogP contribution in [-0.2, 0) is 9.59 Å². The van der Waals surface area contributed by atoms with Gasteiger partial charge in [0.1, 0.15) is 11.6 Å². The van der Waals surface area contributed by atoms with Crippen LogP contribution in [0.1, 0.15) is 12.5 Å². The molecule has 7 heteroatoms. The molecule has 2 aromatic carbocycles. The summed E-state index contributed by atoms with van der Waals surface area (Å²) in [6.45, 7) is 1.40. The quantitative estimate of drug-likeness (QED) is 0.611. The molecule has 2 amide bonds. The Bertz CT molecular complexity index is 884. The van der Waals surface area contributed by atoms with Crippen molar-refractivity contribution in [1.82, 2.24) is 0 Å². The molecule has 126 valence electrons. The number of hydrogen-bond acceptors (Lipinski definition) is 3. The number of nitriles is 1. The lowest BCUT2D eigenvalue weighted by Crippen LogP contribution is -2.13. The number of benzene rings is 2. The third-order valence-electron chi connectivity index (χ3n) is 3.11. The second-order valence-corrected chi connectivity index (χ2v) is 5.81. The molecule has 0 spiro atoms. The Labute approximate surface area is 154 Å². The number of nitrogens with zero attached hydrogens (tertiary/aromatic N) is 1. The molecule has 0 aliphatic carbocycles. The molecular weight excluding hydrogens is 361 g/mol. The first-order valence-electron chi connectivity index (χ1n) is 7.15. The van der Waals surface area contributed by atoms with E-state index in [9.17, 15) is 14.9 Å². The van der Waals surface area contributed by atoms with Crippen molar-refractivity contribution in [1.29, 1.82) is 5.26 Å². The number of hydrogen-bond donors (Lipinski definition) is 2. The molecule has 0 unspecified atom stereocenters. The highest BCUT2D eigenvalue weighted by Crippen LogP contribution is 2.27. The molecule has 0 saturated heterocycles. The van der Waals surface area contributed by atoms with Crippen molar-refractivity contribution in [2.75, 3.05) is 10.6 Å². The fraction of sp³-hybridized carbons (Fsp3) is 0.0556. The molecule has 0 fully saturated rings. The van der Waals surface area contributed by atoms with Gasteiger partial charge in [0, 0.05) is 18.3 Å². The predicted molar refractivity (Wildman–Crippen MR) is 99.4 cm³/mol. The minimum atomic E-state index is -0.578. The lowest BCUT2D eigenvalue weighted by Gasteiger charge is -2.07. The van der Waals surface area contributed by atoms with Gasteiger partial charge in [0.05, 0.1) is 10.0 Å².